The quantitative estimate of drug-likeness (QED) is 0.755. The molecule has 4 rings (SSSR count). The van der Waals surface area contributed by atoms with Gasteiger partial charge in [-0.05, 0) is 30.5 Å². The van der Waals surface area contributed by atoms with Crippen LogP contribution in [0.4, 0.5) is 0 Å². The lowest BCUT2D eigenvalue weighted by atomic mass is 9.69. The Balaban J connectivity index is 1.67. The standard InChI is InChI=1S/C20H25N3O4/c1-2-6-14-15(20(26)23(21-14)13-7-4-3-5-8-13)16-18(24)17(19(16)25)22-9-11-27-12-10-22/h3-5,7-8,16-19,21H,2,6,9-12H2,1H3/q-2. The van der Waals surface area contributed by atoms with Crippen molar-refractivity contribution < 1.29 is 14.9 Å². The lowest BCUT2D eigenvalue weighted by molar-refractivity contribution is -0.545. The largest absolute Gasteiger partial charge is 0.850 e. The molecule has 0 bridgehead atoms. The first kappa shape index (κ1) is 18.4. The third kappa shape index (κ3) is 3.14. The second kappa shape index (κ2) is 7.59. The Morgan fingerprint density at radius 1 is 1.15 bits per heavy atom. The van der Waals surface area contributed by atoms with Crippen LogP contribution < -0.4 is 15.8 Å². The van der Waals surface area contributed by atoms with Crippen LogP contribution in [0, 0.1) is 0 Å². The fraction of sp³-hybridized carbons (Fsp3) is 0.550. The van der Waals surface area contributed by atoms with Crippen LogP contribution in [0.3, 0.4) is 0 Å². The molecule has 2 unspecified atom stereocenters. The molecule has 7 nitrogen and oxygen atoms in total. The van der Waals surface area contributed by atoms with Gasteiger partial charge in [-0.3, -0.25) is 14.8 Å². The number of hydrogen-bond donors (Lipinski definition) is 1. The van der Waals surface area contributed by atoms with Gasteiger partial charge in [0.2, 0.25) is 0 Å². The number of para-hydroxylation sites is 1. The minimum absolute atomic E-state index is 0.267. The molecule has 1 saturated heterocycles. The van der Waals surface area contributed by atoms with E-state index in [0.29, 0.717) is 44.0 Å². The fourth-order valence-electron chi connectivity index (χ4n) is 4.31. The van der Waals surface area contributed by atoms with E-state index in [1.807, 2.05) is 42.2 Å². The van der Waals surface area contributed by atoms with E-state index in [-0.39, 0.29) is 5.56 Å². The molecule has 1 N–H and O–H groups in total. The van der Waals surface area contributed by atoms with Crippen LogP contribution >= 0.6 is 0 Å². The first-order valence-corrected chi connectivity index (χ1v) is 9.66. The first-order chi connectivity index (χ1) is 13.1. The highest BCUT2D eigenvalue weighted by Gasteiger charge is 2.43. The fourth-order valence-corrected chi connectivity index (χ4v) is 4.31. The summed E-state index contributed by atoms with van der Waals surface area (Å²) in [5, 5.41) is 29.1. The molecular weight excluding hydrogens is 346 g/mol. The number of H-pyrrole nitrogens is 1. The number of nitrogens with zero attached hydrogens (tertiary/aromatic N) is 2. The summed E-state index contributed by atoms with van der Waals surface area (Å²) in [6.45, 7) is 4.33. The number of morpholine rings is 1. The van der Waals surface area contributed by atoms with Crippen LogP contribution in [-0.4, -0.2) is 59.2 Å². The zero-order valence-electron chi connectivity index (χ0n) is 15.5. The van der Waals surface area contributed by atoms with E-state index >= 15 is 0 Å². The monoisotopic (exact) mass is 371 g/mol. The Bertz CT molecular complexity index is 815. The smallest absolute Gasteiger partial charge is 0.274 e. The predicted molar refractivity (Wildman–Crippen MR) is 96.9 cm³/mol. The summed E-state index contributed by atoms with van der Waals surface area (Å²) >= 11 is 0. The number of hydrogen-bond acceptors (Lipinski definition) is 5. The molecule has 2 atom stereocenters. The van der Waals surface area contributed by atoms with Crippen LogP contribution in [0.25, 0.3) is 5.69 Å². The summed E-state index contributed by atoms with van der Waals surface area (Å²) in [5.74, 6) is -0.784. The lowest BCUT2D eigenvalue weighted by Crippen LogP contribution is -2.75. The highest BCUT2D eigenvalue weighted by atomic mass is 16.5. The Kier molecular flexibility index (Phi) is 5.19. The van der Waals surface area contributed by atoms with E-state index in [2.05, 4.69) is 5.10 Å². The minimum atomic E-state index is -1.08. The van der Waals surface area contributed by atoms with Gasteiger partial charge in [0.25, 0.3) is 5.56 Å². The average Bonchev–Trinajstić information content (AvgIpc) is 3.00. The predicted octanol–water partition coefficient (Wildman–Crippen LogP) is -0.626. The molecule has 1 saturated carbocycles. The van der Waals surface area contributed by atoms with Crippen LogP contribution in [0.2, 0.25) is 0 Å². The summed E-state index contributed by atoms with van der Waals surface area (Å²) in [6.07, 6.45) is -0.681. The van der Waals surface area contributed by atoms with Crippen LogP contribution in [0.1, 0.15) is 30.5 Å². The van der Waals surface area contributed by atoms with Crippen molar-refractivity contribution in [1.29, 1.82) is 0 Å². The van der Waals surface area contributed by atoms with Crippen LogP contribution in [0.15, 0.2) is 35.1 Å². The Morgan fingerprint density at radius 2 is 1.81 bits per heavy atom. The third-order valence-corrected chi connectivity index (χ3v) is 5.70. The molecule has 0 amide bonds. The number of aromatic amines is 1. The maximum absolute atomic E-state index is 13.1. The van der Waals surface area contributed by atoms with Crippen molar-refractivity contribution in [1.82, 2.24) is 14.7 Å². The Hall–Kier alpha value is -1.93. The van der Waals surface area contributed by atoms with Gasteiger partial charge >= 0.3 is 0 Å². The van der Waals surface area contributed by atoms with E-state index in [1.54, 1.807) is 0 Å². The molecule has 27 heavy (non-hydrogen) atoms. The highest BCUT2D eigenvalue weighted by molar-refractivity contribution is 5.37. The number of nitrogens with one attached hydrogen (secondary N) is 1. The summed E-state index contributed by atoms with van der Waals surface area (Å²) < 4.78 is 6.78. The van der Waals surface area contributed by atoms with Crippen molar-refractivity contribution in [2.75, 3.05) is 26.3 Å². The summed E-state index contributed by atoms with van der Waals surface area (Å²) in [4.78, 5) is 15.0. The topological polar surface area (TPSA) is 96.4 Å². The normalized spacial score (nSPS) is 28.9. The van der Waals surface area contributed by atoms with Crippen molar-refractivity contribution in [3.63, 3.8) is 0 Å². The van der Waals surface area contributed by atoms with Crippen molar-refractivity contribution in [3.8, 4) is 5.69 Å². The third-order valence-electron chi connectivity index (χ3n) is 5.70. The van der Waals surface area contributed by atoms with Gasteiger partial charge in [-0.15, -0.1) is 12.2 Å². The minimum Gasteiger partial charge on any atom is -0.850 e. The molecule has 2 aromatic rings. The van der Waals surface area contributed by atoms with E-state index < -0.39 is 24.2 Å². The van der Waals surface area contributed by atoms with Crippen molar-refractivity contribution >= 4 is 0 Å². The number of ether oxygens (including phenoxy) is 1. The molecule has 0 radical (unpaired) electrons. The summed E-state index contributed by atoms with van der Waals surface area (Å²) in [7, 11) is 0. The molecule has 1 aliphatic carbocycles. The maximum atomic E-state index is 13.1. The molecule has 146 valence electrons. The number of aryl methyl sites for hydroxylation is 1. The number of benzene rings is 1. The molecule has 1 aromatic heterocycles. The van der Waals surface area contributed by atoms with Crippen molar-refractivity contribution in [3.05, 3.63) is 51.9 Å². The SMILES string of the molecule is CCCc1[nH]n(-c2ccccc2)c(=O)c1C1C([O-])C(N2CCOCC2)C1[O-]. The van der Waals surface area contributed by atoms with Crippen LogP contribution in [0.5, 0.6) is 0 Å². The van der Waals surface area contributed by atoms with Crippen molar-refractivity contribution in [2.45, 2.75) is 43.9 Å². The van der Waals surface area contributed by atoms with E-state index in [4.69, 9.17) is 4.74 Å². The first-order valence-electron chi connectivity index (χ1n) is 9.66. The molecule has 7 heteroatoms. The molecule has 1 aliphatic heterocycles. The zero-order valence-corrected chi connectivity index (χ0v) is 15.5. The lowest BCUT2D eigenvalue weighted by Gasteiger charge is -2.64. The second-order valence-electron chi connectivity index (χ2n) is 7.32. The Labute approximate surface area is 158 Å². The molecule has 2 fully saturated rings. The van der Waals surface area contributed by atoms with Gasteiger partial charge in [-0.1, -0.05) is 31.5 Å². The van der Waals surface area contributed by atoms with Crippen LogP contribution in [-0.2, 0) is 11.2 Å². The second-order valence-corrected chi connectivity index (χ2v) is 7.32. The van der Waals surface area contributed by atoms with Gasteiger partial charge in [0, 0.05) is 24.3 Å². The molecule has 2 aliphatic rings. The Morgan fingerprint density at radius 3 is 2.44 bits per heavy atom. The molecule has 0 spiro atoms. The maximum Gasteiger partial charge on any atom is 0.274 e. The van der Waals surface area contributed by atoms with Crippen molar-refractivity contribution in [2.24, 2.45) is 0 Å². The number of aromatic nitrogens is 2. The average molecular weight is 371 g/mol. The molecule has 1 aromatic carbocycles. The van der Waals surface area contributed by atoms with E-state index in [9.17, 15) is 15.0 Å². The summed E-state index contributed by atoms with van der Waals surface area (Å²) in [6, 6.07) is 8.69. The molecular formula is C20H25N3O4-2. The zero-order chi connectivity index (χ0) is 19.0. The summed E-state index contributed by atoms with van der Waals surface area (Å²) in [5.41, 5.74) is 1.56. The van der Waals surface area contributed by atoms with Gasteiger partial charge in [-0.2, -0.15) is 0 Å². The highest BCUT2D eigenvalue weighted by Crippen LogP contribution is 2.38. The van der Waals surface area contributed by atoms with Gasteiger partial charge in [-0.25, -0.2) is 4.68 Å². The van der Waals surface area contributed by atoms with Gasteiger partial charge < -0.3 is 14.9 Å². The van der Waals surface area contributed by atoms with E-state index in [0.717, 1.165) is 12.1 Å². The van der Waals surface area contributed by atoms with E-state index in [1.165, 1.54) is 4.68 Å². The van der Waals surface area contributed by atoms with Gasteiger partial charge in [0.1, 0.15) is 0 Å². The molecule has 2 heterocycles. The van der Waals surface area contributed by atoms with Gasteiger partial charge in [0.05, 0.1) is 18.9 Å². The van der Waals surface area contributed by atoms with Gasteiger partial charge in [0.15, 0.2) is 0 Å². The number of rotatable bonds is 5.